The standard InChI is InChI=1S/C34H37F6N3O2/c1-6-11-27(23-18-24(33(35,36)37)20-25(19-23)34(38,39)40)41(5)31(45)43-17-16-42-28(29(43)26-13-10-9-12-22(26)4)21-32(14-7-2,15-8-3)30(42)44/h6-10,12-13,18-20,27-29H,1-3,11,14-17,21H2,4-5H3/t27-,28-,29-/m0/s1. The minimum Gasteiger partial charge on any atom is -0.335 e. The molecule has 0 aromatic heterocycles. The third kappa shape index (κ3) is 6.53. The quantitative estimate of drug-likeness (QED) is 0.205. The minimum absolute atomic E-state index is 0.0560. The minimum atomic E-state index is -5.04. The Morgan fingerprint density at radius 2 is 1.56 bits per heavy atom. The van der Waals surface area contributed by atoms with Gasteiger partial charge >= 0.3 is 18.4 Å². The molecule has 3 amide bonds. The van der Waals surface area contributed by atoms with Gasteiger partial charge in [0.15, 0.2) is 0 Å². The molecule has 2 aromatic carbocycles. The Balaban J connectivity index is 1.80. The number of hydrogen-bond acceptors (Lipinski definition) is 2. The second-order valence-electron chi connectivity index (χ2n) is 11.8. The van der Waals surface area contributed by atoms with Crippen LogP contribution < -0.4 is 0 Å². The summed E-state index contributed by atoms with van der Waals surface area (Å²) in [6.07, 6.45) is -4.19. The molecule has 2 saturated heterocycles. The van der Waals surface area contributed by atoms with E-state index in [0.717, 1.165) is 11.1 Å². The predicted octanol–water partition coefficient (Wildman–Crippen LogP) is 8.50. The molecule has 3 atom stereocenters. The summed E-state index contributed by atoms with van der Waals surface area (Å²) in [6.45, 7) is 13.5. The zero-order valence-corrected chi connectivity index (χ0v) is 25.3. The van der Waals surface area contributed by atoms with E-state index in [4.69, 9.17) is 0 Å². The van der Waals surface area contributed by atoms with Crippen molar-refractivity contribution in [3.05, 3.63) is 108 Å². The zero-order chi connectivity index (χ0) is 33.3. The van der Waals surface area contributed by atoms with E-state index in [2.05, 4.69) is 19.7 Å². The Morgan fingerprint density at radius 1 is 0.978 bits per heavy atom. The van der Waals surface area contributed by atoms with Crippen LogP contribution in [0.4, 0.5) is 31.1 Å². The largest absolute Gasteiger partial charge is 0.416 e. The van der Waals surface area contributed by atoms with Crippen LogP contribution in [0, 0.1) is 12.3 Å². The highest BCUT2D eigenvalue weighted by Gasteiger charge is 2.56. The van der Waals surface area contributed by atoms with Crippen LogP contribution in [0.25, 0.3) is 0 Å². The van der Waals surface area contributed by atoms with Gasteiger partial charge < -0.3 is 14.7 Å². The Bertz CT molecular complexity index is 1420. The molecule has 11 heteroatoms. The number of carbonyl (C=O) groups is 2. The van der Waals surface area contributed by atoms with E-state index in [0.29, 0.717) is 31.4 Å². The first-order valence-electron chi connectivity index (χ1n) is 14.6. The van der Waals surface area contributed by atoms with Gasteiger partial charge in [0.05, 0.1) is 34.7 Å². The lowest BCUT2D eigenvalue weighted by atomic mass is 9.76. The van der Waals surface area contributed by atoms with E-state index < -0.39 is 53.1 Å². The van der Waals surface area contributed by atoms with E-state index in [1.54, 1.807) is 22.0 Å². The Kier molecular flexibility index (Phi) is 9.61. The number of rotatable bonds is 9. The van der Waals surface area contributed by atoms with Gasteiger partial charge in [-0.25, -0.2) is 4.79 Å². The van der Waals surface area contributed by atoms with Gasteiger partial charge in [0.2, 0.25) is 5.91 Å². The lowest BCUT2D eigenvalue weighted by Gasteiger charge is -2.47. The Hall–Kier alpha value is -4.02. The molecule has 4 rings (SSSR count). The number of nitrogens with zero attached hydrogens (tertiary/aromatic N) is 3. The number of benzene rings is 2. The average molecular weight is 634 g/mol. The second-order valence-corrected chi connectivity index (χ2v) is 11.8. The maximum atomic E-state index is 14.4. The topological polar surface area (TPSA) is 43.9 Å². The number of allylic oxidation sites excluding steroid dienone is 2. The van der Waals surface area contributed by atoms with E-state index in [1.807, 2.05) is 31.2 Å². The van der Waals surface area contributed by atoms with Crippen molar-refractivity contribution < 1.29 is 35.9 Å². The summed E-state index contributed by atoms with van der Waals surface area (Å²) in [5.74, 6) is -0.0560. The number of alkyl halides is 6. The summed E-state index contributed by atoms with van der Waals surface area (Å²) in [4.78, 5) is 32.8. The molecule has 242 valence electrons. The van der Waals surface area contributed by atoms with Gasteiger partial charge in [-0.1, -0.05) is 42.5 Å². The number of fused-ring (bicyclic) bond motifs is 1. The molecule has 0 aliphatic carbocycles. The highest BCUT2D eigenvalue weighted by molar-refractivity contribution is 5.87. The lowest BCUT2D eigenvalue weighted by molar-refractivity contribution is -0.143. The summed E-state index contributed by atoms with van der Waals surface area (Å²) in [6, 6.07) is 6.00. The number of halogens is 6. The van der Waals surface area contributed by atoms with Crippen molar-refractivity contribution in [1.82, 2.24) is 14.7 Å². The number of hydrogen-bond donors (Lipinski definition) is 0. The highest BCUT2D eigenvalue weighted by atomic mass is 19.4. The zero-order valence-electron chi connectivity index (χ0n) is 25.3. The summed E-state index contributed by atoms with van der Waals surface area (Å²) in [7, 11) is 1.37. The number of piperazine rings is 1. The molecular weight excluding hydrogens is 596 g/mol. The Morgan fingerprint density at radius 3 is 2.07 bits per heavy atom. The van der Waals surface area contributed by atoms with Gasteiger partial charge in [-0.05, 0) is 67.5 Å². The van der Waals surface area contributed by atoms with Gasteiger partial charge in [0.1, 0.15) is 0 Å². The molecule has 0 N–H and O–H groups in total. The van der Waals surface area contributed by atoms with Crippen molar-refractivity contribution >= 4 is 11.9 Å². The normalized spacial score (nSPS) is 20.4. The average Bonchev–Trinajstić information content (AvgIpc) is 3.25. The third-order valence-electron chi connectivity index (χ3n) is 8.97. The van der Waals surface area contributed by atoms with Crippen LogP contribution in [0.3, 0.4) is 0 Å². The molecule has 2 heterocycles. The van der Waals surface area contributed by atoms with Crippen molar-refractivity contribution in [1.29, 1.82) is 0 Å². The number of aryl methyl sites for hydroxylation is 1. The Labute approximate surface area is 259 Å². The molecule has 2 aliphatic heterocycles. The molecule has 5 nitrogen and oxygen atoms in total. The fourth-order valence-electron chi connectivity index (χ4n) is 6.83. The fourth-order valence-corrected chi connectivity index (χ4v) is 6.83. The summed E-state index contributed by atoms with van der Waals surface area (Å²) in [5.41, 5.74) is -2.34. The van der Waals surface area contributed by atoms with E-state index >= 15 is 0 Å². The summed E-state index contributed by atoms with van der Waals surface area (Å²) in [5, 5.41) is 0. The lowest BCUT2D eigenvalue weighted by Crippen LogP contribution is -2.57. The van der Waals surface area contributed by atoms with Crippen LogP contribution >= 0.6 is 0 Å². The molecule has 2 fully saturated rings. The first-order valence-corrected chi connectivity index (χ1v) is 14.6. The molecule has 45 heavy (non-hydrogen) atoms. The maximum absolute atomic E-state index is 14.4. The van der Waals surface area contributed by atoms with Crippen LogP contribution in [0.15, 0.2) is 80.4 Å². The molecular formula is C34H37F6N3O2. The molecule has 2 aromatic rings. The van der Waals surface area contributed by atoms with Crippen LogP contribution in [0.1, 0.15) is 65.6 Å². The predicted molar refractivity (Wildman–Crippen MR) is 160 cm³/mol. The maximum Gasteiger partial charge on any atom is 0.416 e. The summed E-state index contributed by atoms with van der Waals surface area (Å²) >= 11 is 0. The number of urea groups is 1. The molecule has 2 aliphatic rings. The SMILES string of the molecule is C=CC[C@@H](c1cc(C(F)(F)F)cc(C(F)(F)F)c1)N(C)C(=O)N1CCN2C(=O)C(CC=C)(CC=C)C[C@H]2[C@@H]1c1ccccc1C. The summed E-state index contributed by atoms with van der Waals surface area (Å²) < 4.78 is 82.3. The van der Waals surface area contributed by atoms with Gasteiger partial charge in [0.25, 0.3) is 0 Å². The monoisotopic (exact) mass is 633 g/mol. The van der Waals surface area contributed by atoms with E-state index in [-0.39, 0.29) is 37.0 Å². The van der Waals surface area contributed by atoms with Crippen molar-refractivity contribution in [2.75, 3.05) is 20.1 Å². The van der Waals surface area contributed by atoms with E-state index in [9.17, 15) is 35.9 Å². The molecule has 0 spiro atoms. The van der Waals surface area contributed by atoms with Crippen molar-refractivity contribution in [3.8, 4) is 0 Å². The van der Waals surface area contributed by atoms with Crippen LogP contribution in [0.2, 0.25) is 0 Å². The van der Waals surface area contributed by atoms with Crippen molar-refractivity contribution in [3.63, 3.8) is 0 Å². The van der Waals surface area contributed by atoms with Crippen LogP contribution in [0.5, 0.6) is 0 Å². The smallest absolute Gasteiger partial charge is 0.335 e. The van der Waals surface area contributed by atoms with Gasteiger partial charge in [-0.3, -0.25) is 4.79 Å². The molecule has 0 unspecified atom stereocenters. The first-order chi connectivity index (χ1) is 21.1. The van der Waals surface area contributed by atoms with Crippen LogP contribution in [-0.4, -0.2) is 52.8 Å². The first kappa shape index (κ1) is 33.9. The van der Waals surface area contributed by atoms with Gasteiger partial charge in [0, 0.05) is 20.1 Å². The van der Waals surface area contributed by atoms with Gasteiger partial charge in [-0.2, -0.15) is 26.3 Å². The van der Waals surface area contributed by atoms with Gasteiger partial charge in [-0.15, -0.1) is 19.7 Å². The molecule has 0 radical (unpaired) electrons. The van der Waals surface area contributed by atoms with E-state index in [1.165, 1.54) is 18.0 Å². The second kappa shape index (κ2) is 12.8. The van der Waals surface area contributed by atoms with Crippen LogP contribution in [-0.2, 0) is 17.1 Å². The number of amides is 3. The molecule has 0 bridgehead atoms. The fraction of sp³-hybridized carbons (Fsp3) is 0.412. The van der Waals surface area contributed by atoms with Crippen molar-refractivity contribution in [2.24, 2.45) is 5.41 Å². The number of carbonyl (C=O) groups excluding carboxylic acids is 2. The highest BCUT2D eigenvalue weighted by Crippen LogP contribution is 2.50. The third-order valence-corrected chi connectivity index (χ3v) is 8.97. The van der Waals surface area contributed by atoms with Crippen molar-refractivity contribution in [2.45, 2.75) is 63.1 Å². The molecule has 0 saturated carbocycles.